The fraction of sp³-hybridized carbons (Fsp3) is 0.476. The Bertz CT molecular complexity index is 1160. The summed E-state index contributed by atoms with van der Waals surface area (Å²) < 4.78 is 9.68. The van der Waals surface area contributed by atoms with E-state index in [1.165, 1.54) is 11.6 Å². The number of nitrogens with one attached hydrogen (secondary N) is 1. The predicted octanol–water partition coefficient (Wildman–Crippen LogP) is 0.156. The van der Waals surface area contributed by atoms with Gasteiger partial charge in [-0.05, 0) is 33.2 Å². The molecule has 10 heteroatoms. The number of fused-ring (bicyclic) bond motifs is 1. The first-order valence-electron chi connectivity index (χ1n) is 10.1. The molecule has 3 rings (SSSR count). The first-order valence-corrected chi connectivity index (χ1v) is 10.1. The lowest BCUT2D eigenvalue weighted by Gasteiger charge is -2.17. The highest BCUT2D eigenvalue weighted by atomic mass is 16.5. The number of aromatic nitrogens is 4. The summed E-state index contributed by atoms with van der Waals surface area (Å²) in [6.45, 7) is 3.45. The zero-order valence-electron chi connectivity index (χ0n) is 18.6. The highest BCUT2D eigenvalue weighted by Crippen LogP contribution is 2.17. The Labute approximate surface area is 180 Å². The summed E-state index contributed by atoms with van der Waals surface area (Å²) >= 11 is 0. The van der Waals surface area contributed by atoms with Crippen molar-refractivity contribution in [1.29, 1.82) is 0 Å². The lowest BCUT2D eigenvalue weighted by atomic mass is 10.2. The van der Waals surface area contributed by atoms with Crippen LogP contribution in [0, 0.1) is 6.92 Å². The van der Waals surface area contributed by atoms with Crippen LogP contribution in [0.4, 0.5) is 5.95 Å². The zero-order chi connectivity index (χ0) is 22.7. The van der Waals surface area contributed by atoms with E-state index in [2.05, 4.69) is 10.3 Å². The maximum absolute atomic E-state index is 12.9. The van der Waals surface area contributed by atoms with Gasteiger partial charge in [-0.2, -0.15) is 4.98 Å². The summed E-state index contributed by atoms with van der Waals surface area (Å²) in [4.78, 5) is 31.7. The highest BCUT2D eigenvalue weighted by Gasteiger charge is 2.21. The number of aliphatic hydroxyl groups excluding tert-OH is 1. The first-order chi connectivity index (χ1) is 14.7. The lowest BCUT2D eigenvalue weighted by Crippen LogP contribution is -2.38. The number of ether oxygens (including phenoxy) is 1. The van der Waals surface area contributed by atoms with Crippen LogP contribution < -0.4 is 21.3 Å². The van der Waals surface area contributed by atoms with E-state index in [9.17, 15) is 14.7 Å². The minimum absolute atomic E-state index is 0.0476. The van der Waals surface area contributed by atoms with Crippen molar-refractivity contribution in [2.24, 2.45) is 14.1 Å². The van der Waals surface area contributed by atoms with Crippen molar-refractivity contribution < 1.29 is 9.84 Å². The smallest absolute Gasteiger partial charge is 0.332 e. The first kappa shape index (κ1) is 22.6. The second kappa shape index (κ2) is 9.36. The van der Waals surface area contributed by atoms with Gasteiger partial charge in [0, 0.05) is 27.2 Å². The molecule has 0 radical (unpaired) electrons. The minimum Gasteiger partial charge on any atom is -0.491 e. The lowest BCUT2D eigenvalue weighted by molar-refractivity contribution is 0.0938. The Morgan fingerprint density at radius 3 is 2.48 bits per heavy atom. The van der Waals surface area contributed by atoms with E-state index in [0.717, 1.165) is 16.7 Å². The number of aliphatic hydroxyl groups is 1. The maximum atomic E-state index is 12.9. The number of hydrogen-bond donors (Lipinski definition) is 2. The summed E-state index contributed by atoms with van der Waals surface area (Å²) in [7, 11) is 6.91. The van der Waals surface area contributed by atoms with Crippen LogP contribution in [0.5, 0.6) is 5.75 Å². The topological polar surface area (TPSA) is 107 Å². The van der Waals surface area contributed by atoms with Crippen LogP contribution in [0.1, 0.15) is 5.56 Å². The van der Waals surface area contributed by atoms with Crippen LogP contribution in [0.25, 0.3) is 11.2 Å². The summed E-state index contributed by atoms with van der Waals surface area (Å²) in [6.07, 6.45) is -0.893. The van der Waals surface area contributed by atoms with Gasteiger partial charge in [-0.3, -0.25) is 13.9 Å². The van der Waals surface area contributed by atoms with E-state index in [4.69, 9.17) is 4.74 Å². The Morgan fingerprint density at radius 2 is 1.84 bits per heavy atom. The molecule has 0 saturated carbocycles. The van der Waals surface area contributed by atoms with Crippen molar-refractivity contribution in [3.63, 3.8) is 0 Å². The van der Waals surface area contributed by atoms with Crippen LogP contribution >= 0.6 is 0 Å². The molecule has 0 saturated heterocycles. The van der Waals surface area contributed by atoms with Gasteiger partial charge in [-0.15, -0.1) is 0 Å². The molecule has 0 bridgehead atoms. The quantitative estimate of drug-likeness (QED) is 0.498. The molecule has 168 valence electrons. The maximum Gasteiger partial charge on any atom is 0.332 e. The van der Waals surface area contributed by atoms with Crippen molar-refractivity contribution in [3.8, 4) is 5.75 Å². The third-order valence-electron chi connectivity index (χ3n) is 5.05. The zero-order valence-corrected chi connectivity index (χ0v) is 18.6. The molecule has 31 heavy (non-hydrogen) atoms. The molecule has 0 aliphatic rings. The fourth-order valence-electron chi connectivity index (χ4n) is 3.24. The Morgan fingerprint density at radius 1 is 1.16 bits per heavy atom. The normalized spacial score (nSPS) is 12.5. The van der Waals surface area contributed by atoms with Crippen molar-refractivity contribution in [2.75, 3.05) is 39.1 Å². The number of benzene rings is 1. The molecule has 1 aromatic carbocycles. The van der Waals surface area contributed by atoms with E-state index in [-0.39, 0.29) is 24.3 Å². The van der Waals surface area contributed by atoms with Crippen molar-refractivity contribution in [2.45, 2.75) is 19.6 Å². The Hall–Kier alpha value is -3.11. The largest absolute Gasteiger partial charge is 0.491 e. The molecule has 0 aliphatic heterocycles. The van der Waals surface area contributed by atoms with Crippen molar-refractivity contribution >= 4 is 17.1 Å². The summed E-state index contributed by atoms with van der Waals surface area (Å²) in [5, 5.41) is 13.8. The second-order valence-corrected chi connectivity index (χ2v) is 7.93. The van der Waals surface area contributed by atoms with E-state index in [0.29, 0.717) is 18.2 Å². The molecule has 0 aliphatic carbocycles. The van der Waals surface area contributed by atoms with E-state index >= 15 is 0 Å². The van der Waals surface area contributed by atoms with E-state index < -0.39 is 17.4 Å². The van der Waals surface area contributed by atoms with Crippen LogP contribution in [0.15, 0.2) is 33.9 Å². The van der Waals surface area contributed by atoms with Gasteiger partial charge >= 0.3 is 5.69 Å². The van der Waals surface area contributed by atoms with Crippen LogP contribution in [0.3, 0.4) is 0 Å². The van der Waals surface area contributed by atoms with Crippen molar-refractivity contribution in [1.82, 2.24) is 23.6 Å². The summed E-state index contributed by atoms with van der Waals surface area (Å²) in [5.74, 6) is 1.08. The number of anilines is 1. The van der Waals surface area contributed by atoms with Crippen molar-refractivity contribution in [3.05, 3.63) is 50.7 Å². The fourth-order valence-corrected chi connectivity index (χ4v) is 3.24. The molecular formula is C21H30N6O4. The molecule has 2 aromatic heterocycles. The molecule has 2 N–H and O–H groups in total. The number of aryl methyl sites for hydroxylation is 2. The molecule has 10 nitrogen and oxygen atoms in total. The van der Waals surface area contributed by atoms with Gasteiger partial charge in [0.05, 0.1) is 6.54 Å². The van der Waals surface area contributed by atoms with Gasteiger partial charge in [0.15, 0.2) is 11.2 Å². The van der Waals surface area contributed by atoms with Crippen LogP contribution in [0.2, 0.25) is 0 Å². The molecule has 2 heterocycles. The third-order valence-corrected chi connectivity index (χ3v) is 5.05. The standard InChI is InChI=1S/C21H30N6O4/c1-14-6-8-16(9-7-14)31-13-15(28)12-27-17-18(23-20(27)22-10-11-24(2)3)25(4)21(30)26(5)19(17)29/h6-9,15,28H,10-13H2,1-5H3,(H,22,23). The van der Waals surface area contributed by atoms with Crippen LogP contribution in [-0.4, -0.2) is 68.6 Å². The third kappa shape index (κ3) is 4.97. The van der Waals surface area contributed by atoms with E-state index in [1.807, 2.05) is 50.2 Å². The number of hydrogen-bond acceptors (Lipinski definition) is 7. The molecule has 0 amide bonds. The molecule has 0 fully saturated rings. The van der Waals surface area contributed by atoms with Gasteiger partial charge in [0.2, 0.25) is 5.95 Å². The molecule has 1 unspecified atom stereocenters. The van der Waals surface area contributed by atoms with Gasteiger partial charge in [-0.1, -0.05) is 17.7 Å². The summed E-state index contributed by atoms with van der Waals surface area (Å²) in [5.41, 5.74) is 0.731. The Kier molecular flexibility index (Phi) is 6.81. The molecule has 0 spiro atoms. The van der Waals surface area contributed by atoms with Gasteiger partial charge < -0.3 is 24.6 Å². The number of rotatable bonds is 9. The minimum atomic E-state index is -0.893. The number of likely N-dealkylation sites (N-methyl/N-ethyl adjacent to an activating group) is 1. The summed E-state index contributed by atoms with van der Waals surface area (Å²) in [6, 6.07) is 7.55. The van der Waals surface area contributed by atoms with Gasteiger partial charge in [-0.25, -0.2) is 4.79 Å². The molecule has 1 atom stereocenters. The Balaban J connectivity index is 1.90. The highest BCUT2D eigenvalue weighted by molar-refractivity contribution is 5.74. The molecular weight excluding hydrogens is 400 g/mol. The predicted molar refractivity (Wildman–Crippen MR) is 120 cm³/mol. The van der Waals surface area contributed by atoms with Gasteiger partial charge in [0.1, 0.15) is 18.5 Å². The number of nitrogens with zero attached hydrogens (tertiary/aromatic N) is 5. The second-order valence-electron chi connectivity index (χ2n) is 7.93. The molecule has 3 aromatic rings. The SMILES string of the molecule is Cc1ccc(OCC(O)Cn2c(NCCN(C)C)nc3c2c(=O)n(C)c(=O)n3C)cc1. The van der Waals surface area contributed by atoms with E-state index in [1.54, 1.807) is 11.6 Å². The number of imidazole rings is 1. The monoisotopic (exact) mass is 430 g/mol. The van der Waals surface area contributed by atoms with Gasteiger partial charge in [0.25, 0.3) is 5.56 Å². The average molecular weight is 431 g/mol. The van der Waals surface area contributed by atoms with Crippen LogP contribution in [-0.2, 0) is 20.6 Å². The average Bonchev–Trinajstić information content (AvgIpc) is 3.08.